The standard InChI is InChI=1S/C8H14N4OS/c1-4-6(2)7(13)5-14-8-9-10-11-12(8)3/h6H,4-5H2,1-3H3. The van der Waals surface area contributed by atoms with Gasteiger partial charge in [0.2, 0.25) is 5.16 Å². The lowest BCUT2D eigenvalue weighted by Crippen LogP contribution is -2.12. The predicted molar refractivity (Wildman–Crippen MR) is 54.0 cm³/mol. The minimum Gasteiger partial charge on any atom is -0.298 e. The van der Waals surface area contributed by atoms with Crippen molar-refractivity contribution in [3.63, 3.8) is 0 Å². The molecule has 0 radical (unpaired) electrons. The zero-order chi connectivity index (χ0) is 10.6. The van der Waals surface area contributed by atoms with Gasteiger partial charge in [-0.05, 0) is 16.8 Å². The van der Waals surface area contributed by atoms with Crippen molar-refractivity contribution in [2.45, 2.75) is 25.4 Å². The van der Waals surface area contributed by atoms with Gasteiger partial charge in [-0.15, -0.1) is 5.10 Å². The van der Waals surface area contributed by atoms with Gasteiger partial charge in [0.25, 0.3) is 0 Å². The fourth-order valence-corrected chi connectivity index (χ4v) is 1.72. The first-order valence-electron chi connectivity index (χ1n) is 4.53. The number of carbonyl (C=O) groups is 1. The Morgan fingerprint density at radius 1 is 1.64 bits per heavy atom. The molecule has 0 bridgehead atoms. The minimum atomic E-state index is 0.128. The highest BCUT2D eigenvalue weighted by molar-refractivity contribution is 7.99. The van der Waals surface area contributed by atoms with E-state index in [0.717, 1.165) is 6.42 Å². The zero-order valence-electron chi connectivity index (χ0n) is 8.60. The van der Waals surface area contributed by atoms with E-state index >= 15 is 0 Å². The van der Waals surface area contributed by atoms with Crippen LogP contribution in [0.2, 0.25) is 0 Å². The quantitative estimate of drug-likeness (QED) is 0.682. The summed E-state index contributed by atoms with van der Waals surface area (Å²) in [6.07, 6.45) is 0.885. The van der Waals surface area contributed by atoms with Gasteiger partial charge in [0.15, 0.2) is 0 Å². The number of ketones is 1. The maximum absolute atomic E-state index is 11.5. The van der Waals surface area contributed by atoms with Gasteiger partial charge in [0, 0.05) is 13.0 Å². The summed E-state index contributed by atoms with van der Waals surface area (Å²) in [6, 6.07) is 0. The van der Waals surface area contributed by atoms with Crippen LogP contribution in [-0.4, -0.2) is 31.7 Å². The molecule has 1 atom stereocenters. The maximum atomic E-state index is 11.5. The molecular weight excluding hydrogens is 200 g/mol. The lowest BCUT2D eigenvalue weighted by atomic mass is 10.1. The second kappa shape index (κ2) is 5.09. The number of tetrazole rings is 1. The number of aryl methyl sites for hydroxylation is 1. The van der Waals surface area contributed by atoms with Gasteiger partial charge >= 0.3 is 0 Å². The Kier molecular flexibility index (Phi) is 4.06. The van der Waals surface area contributed by atoms with Gasteiger partial charge < -0.3 is 0 Å². The lowest BCUT2D eigenvalue weighted by molar-refractivity contribution is -0.119. The number of rotatable bonds is 5. The Morgan fingerprint density at radius 2 is 2.36 bits per heavy atom. The van der Waals surface area contributed by atoms with Crippen molar-refractivity contribution in [3.8, 4) is 0 Å². The van der Waals surface area contributed by atoms with Crippen molar-refractivity contribution in [3.05, 3.63) is 0 Å². The SMILES string of the molecule is CCC(C)C(=O)CSc1nnnn1C. The van der Waals surface area contributed by atoms with Crippen molar-refractivity contribution >= 4 is 17.5 Å². The average Bonchev–Trinajstić information content (AvgIpc) is 2.59. The van der Waals surface area contributed by atoms with Crippen molar-refractivity contribution in [1.29, 1.82) is 0 Å². The summed E-state index contributed by atoms with van der Waals surface area (Å²) in [5, 5.41) is 11.6. The molecule has 0 N–H and O–H groups in total. The van der Waals surface area contributed by atoms with E-state index in [4.69, 9.17) is 0 Å². The second-order valence-electron chi connectivity index (χ2n) is 3.15. The monoisotopic (exact) mass is 214 g/mol. The summed E-state index contributed by atoms with van der Waals surface area (Å²) in [5.41, 5.74) is 0. The molecule has 0 aliphatic carbocycles. The fourth-order valence-electron chi connectivity index (χ4n) is 0.849. The number of aromatic nitrogens is 4. The molecule has 0 saturated carbocycles. The molecule has 0 spiro atoms. The van der Waals surface area contributed by atoms with Crippen molar-refractivity contribution in [2.24, 2.45) is 13.0 Å². The third kappa shape index (κ3) is 2.80. The largest absolute Gasteiger partial charge is 0.298 e. The van der Waals surface area contributed by atoms with Crippen molar-refractivity contribution < 1.29 is 4.79 Å². The molecule has 0 aromatic carbocycles. The third-order valence-corrected chi connectivity index (χ3v) is 3.12. The van der Waals surface area contributed by atoms with E-state index in [-0.39, 0.29) is 11.7 Å². The second-order valence-corrected chi connectivity index (χ2v) is 4.09. The summed E-state index contributed by atoms with van der Waals surface area (Å²) in [6.45, 7) is 3.95. The number of thioether (sulfide) groups is 1. The highest BCUT2D eigenvalue weighted by Gasteiger charge is 2.12. The Balaban J connectivity index is 2.41. The number of nitrogens with zero attached hydrogens (tertiary/aromatic N) is 4. The van der Waals surface area contributed by atoms with E-state index in [1.165, 1.54) is 11.8 Å². The summed E-state index contributed by atoms with van der Waals surface area (Å²) in [5.74, 6) is 0.827. The van der Waals surface area contributed by atoms with Gasteiger partial charge in [-0.25, -0.2) is 4.68 Å². The number of carbonyl (C=O) groups excluding carboxylic acids is 1. The Morgan fingerprint density at radius 3 is 2.86 bits per heavy atom. The van der Waals surface area contributed by atoms with Gasteiger partial charge in [-0.3, -0.25) is 4.79 Å². The van der Waals surface area contributed by atoms with Crippen LogP contribution >= 0.6 is 11.8 Å². The molecule has 14 heavy (non-hydrogen) atoms. The van der Waals surface area contributed by atoms with Crippen LogP contribution < -0.4 is 0 Å². The molecule has 6 heteroatoms. The Labute approximate surface area is 87.3 Å². The van der Waals surface area contributed by atoms with E-state index < -0.39 is 0 Å². The minimum absolute atomic E-state index is 0.128. The van der Waals surface area contributed by atoms with Crippen LogP contribution in [0.1, 0.15) is 20.3 Å². The zero-order valence-corrected chi connectivity index (χ0v) is 9.41. The Bertz CT molecular complexity index is 312. The highest BCUT2D eigenvalue weighted by atomic mass is 32.2. The van der Waals surface area contributed by atoms with Gasteiger partial charge in [-0.1, -0.05) is 25.6 Å². The fraction of sp³-hybridized carbons (Fsp3) is 0.750. The molecule has 1 aromatic rings. The molecule has 1 rings (SSSR count). The lowest BCUT2D eigenvalue weighted by Gasteiger charge is -2.05. The molecule has 1 aromatic heterocycles. The first-order chi connectivity index (χ1) is 6.65. The predicted octanol–water partition coefficient (Wildman–Crippen LogP) is 0.917. The summed E-state index contributed by atoms with van der Waals surface area (Å²) < 4.78 is 1.56. The molecule has 1 unspecified atom stereocenters. The van der Waals surface area contributed by atoms with E-state index in [1.54, 1.807) is 11.7 Å². The van der Waals surface area contributed by atoms with Crippen molar-refractivity contribution in [1.82, 2.24) is 20.2 Å². The van der Waals surface area contributed by atoms with Crippen LogP contribution in [0.25, 0.3) is 0 Å². The van der Waals surface area contributed by atoms with Gasteiger partial charge in [0.05, 0.1) is 5.75 Å². The highest BCUT2D eigenvalue weighted by Crippen LogP contribution is 2.15. The molecule has 0 aliphatic rings. The molecule has 0 aliphatic heterocycles. The van der Waals surface area contributed by atoms with Crippen LogP contribution in [0.15, 0.2) is 5.16 Å². The van der Waals surface area contributed by atoms with E-state index in [1.807, 2.05) is 13.8 Å². The molecule has 0 fully saturated rings. The molecule has 0 amide bonds. The van der Waals surface area contributed by atoms with Gasteiger partial charge in [-0.2, -0.15) is 0 Å². The third-order valence-electron chi connectivity index (χ3n) is 2.09. The molecular formula is C8H14N4OS. The van der Waals surface area contributed by atoms with Crippen LogP contribution in [0.3, 0.4) is 0 Å². The first kappa shape index (κ1) is 11.2. The Hall–Kier alpha value is -0.910. The molecule has 1 heterocycles. The smallest absolute Gasteiger partial charge is 0.209 e. The van der Waals surface area contributed by atoms with E-state index in [9.17, 15) is 4.79 Å². The van der Waals surface area contributed by atoms with E-state index in [0.29, 0.717) is 10.9 Å². The molecule has 5 nitrogen and oxygen atoms in total. The molecule has 0 saturated heterocycles. The first-order valence-corrected chi connectivity index (χ1v) is 5.51. The average molecular weight is 214 g/mol. The number of hydrogen-bond donors (Lipinski definition) is 0. The van der Waals surface area contributed by atoms with Gasteiger partial charge in [0.1, 0.15) is 5.78 Å². The topological polar surface area (TPSA) is 60.7 Å². The van der Waals surface area contributed by atoms with Crippen LogP contribution in [0.4, 0.5) is 0 Å². The van der Waals surface area contributed by atoms with Crippen LogP contribution in [-0.2, 0) is 11.8 Å². The van der Waals surface area contributed by atoms with Crippen LogP contribution in [0, 0.1) is 5.92 Å². The number of Topliss-reactive ketones (excluding diaryl/α,β-unsaturated/α-hetero) is 1. The normalized spacial score (nSPS) is 12.8. The maximum Gasteiger partial charge on any atom is 0.209 e. The summed E-state index contributed by atoms with van der Waals surface area (Å²) >= 11 is 1.38. The van der Waals surface area contributed by atoms with Crippen LogP contribution in [0.5, 0.6) is 0 Å². The summed E-state index contributed by atoms with van der Waals surface area (Å²) in [4.78, 5) is 11.5. The molecule has 78 valence electrons. The number of hydrogen-bond acceptors (Lipinski definition) is 5. The summed E-state index contributed by atoms with van der Waals surface area (Å²) in [7, 11) is 1.76. The van der Waals surface area contributed by atoms with Crippen molar-refractivity contribution in [2.75, 3.05) is 5.75 Å². The van der Waals surface area contributed by atoms with E-state index in [2.05, 4.69) is 15.5 Å².